The Bertz CT molecular complexity index is 328. The number of hydrogen-bond acceptors (Lipinski definition) is 4. The van der Waals surface area contributed by atoms with Gasteiger partial charge in [-0.05, 0) is 25.0 Å². The van der Waals surface area contributed by atoms with Crippen molar-refractivity contribution in [3.8, 4) is 0 Å². The Morgan fingerprint density at radius 1 is 1.28 bits per heavy atom. The number of ether oxygens (including phenoxy) is 1. The topological polar surface area (TPSA) is 38.2 Å². The molecule has 0 aromatic carbocycles. The first-order valence-corrected chi connectivity index (χ1v) is 6.80. The third kappa shape index (κ3) is 4.88. The third-order valence-corrected chi connectivity index (χ3v) is 3.30. The fourth-order valence-electron chi connectivity index (χ4n) is 2.04. The maximum Gasteiger partial charge on any atom is 0.151 e. The lowest BCUT2D eigenvalue weighted by Gasteiger charge is -2.29. The van der Waals surface area contributed by atoms with E-state index in [1.807, 2.05) is 6.07 Å². The van der Waals surface area contributed by atoms with Crippen LogP contribution >= 0.6 is 11.6 Å². The summed E-state index contributed by atoms with van der Waals surface area (Å²) in [4.78, 5) is 2.39. The number of halogens is 1. The van der Waals surface area contributed by atoms with Crippen molar-refractivity contribution < 1.29 is 4.74 Å². The fraction of sp³-hybridized carbons (Fsp3) is 0.692. The van der Waals surface area contributed by atoms with Crippen LogP contribution in [0.4, 0.5) is 0 Å². The molecule has 1 aromatic rings. The molecule has 0 aliphatic carbocycles. The molecule has 1 heterocycles. The maximum absolute atomic E-state index is 5.74. The van der Waals surface area contributed by atoms with Crippen LogP contribution < -0.4 is 0 Å². The Labute approximate surface area is 114 Å². The first kappa shape index (κ1) is 15.3. The summed E-state index contributed by atoms with van der Waals surface area (Å²) in [5.74, 6) is 0. The van der Waals surface area contributed by atoms with Crippen LogP contribution in [0.1, 0.15) is 32.4 Å². The number of nitrogens with zero attached hydrogens (tertiary/aromatic N) is 3. The first-order chi connectivity index (χ1) is 8.71. The lowest BCUT2D eigenvalue weighted by atomic mass is 10.1. The summed E-state index contributed by atoms with van der Waals surface area (Å²) in [6, 6.07) is 4.26. The molecule has 0 spiro atoms. The largest absolute Gasteiger partial charge is 0.383 e. The highest BCUT2D eigenvalue weighted by Crippen LogP contribution is 2.12. The molecule has 0 unspecified atom stereocenters. The van der Waals surface area contributed by atoms with Crippen LogP contribution in [0.3, 0.4) is 0 Å². The molecule has 0 saturated carbocycles. The standard InChI is InChI=1S/C13H22ClN3O/c1-4-12(5-2)17(8-9-18-3)10-11-6-7-13(14)16-15-11/h6-7,12H,4-5,8-10H2,1-3H3. The SMILES string of the molecule is CCC(CC)N(CCOC)Cc1ccc(Cl)nn1. The summed E-state index contributed by atoms with van der Waals surface area (Å²) in [7, 11) is 1.73. The number of hydrogen-bond donors (Lipinski definition) is 0. The van der Waals surface area contributed by atoms with Gasteiger partial charge in [0.05, 0.1) is 12.3 Å². The Morgan fingerprint density at radius 3 is 2.50 bits per heavy atom. The van der Waals surface area contributed by atoms with Gasteiger partial charge in [0.2, 0.25) is 0 Å². The summed E-state index contributed by atoms with van der Waals surface area (Å²) >= 11 is 5.74. The summed E-state index contributed by atoms with van der Waals surface area (Å²) in [6.07, 6.45) is 2.25. The van der Waals surface area contributed by atoms with E-state index in [2.05, 4.69) is 28.9 Å². The summed E-state index contributed by atoms with van der Waals surface area (Å²) in [5, 5.41) is 8.43. The molecule has 1 aromatic heterocycles. The molecule has 0 aliphatic rings. The van der Waals surface area contributed by atoms with Crippen LogP contribution in [-0.4, -0.2) is 41.4 Å². The molecule has 0 N–H and O–H groups in total. The monoisotopic (exact) mass is 271 g/mol. The van der Waals surface area contributed by atoms with E-state index in [-0.39, 0.29) is 0 Å². The third-order valence-electron chi connectivity index (χ3n) is 3.09. The maximum atomic E-state index is 5.74. The highest BCUT2D eigenvalue weighted by molar-refractivity contribution is 6.29. The minimum absolute atomic E-state index is 0.435. The molecule has 0 amide bonds. The van der Waals surface area contributed by atoms with Crippen LogP contribution in [0.25, 0.3) is 0 Å². The van der Waals surface area contributed by atoms with Crippen LogP contribution in [-0.2, 0) is 11.3 Å². The van der Waals surface area contributed by atoms with E-state index < -0.39 is 0 Å². The van der Waals surface area contributed by atoms with Crippen LogP contribution in [0, 0.1) is 0 Å². The lowest BCUT2D eigenvalue weighted by molar-refractivity contribution is 0.109. The van der Waals surface area contributed by atoms with Crippen molar-refractivity contribution in [2.45, 2.75) is 39.3 Å². The zero-order chi connectivity index (χ0) is 13.4. The highest BCUT2D eigenvalue weighted by Gasteiger charge is 2.15. The summed E-state index contributed by atoms with van der Waals surface area (Å²) in [6.45, 7) is 6.85. The fourth-order valence-corrected chi connectivity index (χ4v) is 2.14. The molecular formula is C13H22ClN3O. The van der Waals surface area contributed by atoms with Crippen molar-refractivity contribution in [2.24, 2.45) is 0 Å². The normalized spacial score (nSPS) is 11.4. The van der Waals surface area contributed by atoms with Crippen LogP contribution in [0.5, 0.6) is 0 Å². The van der Waals surface area contributed by atoms with Gasteiger partial charge in [0.1, 0.15) is 0 Å². The predicted octanol–water partition coefficient (Wildman–Crippen LogP) is 2.77. The number of rotatable bonds is 8. The molecule has 102 valence electrons. The lowest BCUT2D eigenvalue weighted by Crippen LogP contribution is -2.36. The van der Waals surface area contributed by atoms with E-state index in [9.17, 15) is 0 Å². The molecular weight excluding hydrogens is 250 g/mol. The first-order valence-electron chi connectivity index (χ1n) is 6.42. The van der Waals surface area contributed by atoms with Gasteiger partial charge in [-0.2, -0.15) is 5.10 Å². The van der Waals surface area contributed by atoms with E-state index in [1.165, 1.54) is 0 Å². The molecule has 0 atom stereocenters. The molecule has 0 radical (unpaired) electrons. The van der Waals surface area contributed by atoms with E-state index in [4.69, 9.17) is 16.3 Å². The molecule has 0 bridgehead atoms. The number of aromatic nitrogens is 2. The van der Waals surface area contributed by atoms with Gasteiger partial charge in [-0.1, -0.05) is 25.4 Å². The van der Waals surface area contributed by atoms with Gasteiger partial charge in [-0.25, -0.2) is 0 Å². The molecule has 0 fully saturated rings. The molecule has 5 heteroatoms. The van der Waals surface area contributed by atoms with Crippen molar-refractivity contribution in [3.05, 3.63) is 23.0 Å². The average Bonchev–Trinajstić information content (AvgIpc) is 2.39. The van der Waals surface area contributed by atoms with E-state index in [0.29, 0.717) is 11.2 Å². The zero-order valence-corrected chi connectivity index (χ0v) is 12.2. The Balaban J connectivity index is 2.67. The second-order valence-corrected chi connectivity index (χ2v) is 4.67. The highest BCUT2D eigenvalue weighted by atomic mass is 35.5. The molecule has 18 heavy (non-hydrogen) atoms. The predicted molar refractivity (Wildman–Crippen MR) is 73.7 cm³/mol. The van der Waals surface area contributed by atoms with Crippen molar-refractivity contribution in [2.75, 3.05) is 20.3 Å². The quantitative estimate of drug-likeness (QED) is 0.729. The van der Waals surface area contributed by atoms with Crippen molar-refractivity contribution >= 4 is 11.6 Å². The molecule has 0 aliphatic heterocycles. The molecule has 0 saturated heterocycles. The van der Waals surface area contributed by atoms with Gasteiger partial charge in [0.25, 0.3) is 0 Å². The Kier molecular flexibility index (Phi) is 7.16. The van der Waals surface area contributed by atoms with Crippen molar-refractivity contribution in [1.82, 2.24) is 15.1 Å². The van der Waals surface area contributed by atoms with Crippen molar-refractivity contribution in [1.29, 1.82) is 0 Å². The number of methoxy groups -OCH3 is 1. The van der Waals surface area contributed by atoms with Gasteiger partial charge < -0.3 is 4.74 Å². The van der Waals surface area contributed by atoms with E-state index in [0.717, 1.165) is 38.2 Å². The second kappa shape index (κ2) is 8.40. The van der Waals surface area contributed by atoms with E-state index in [1.54, 1.807) is 13.2 Å². The van der Waals surface area contributed by atoms with E-state index >= 15 is 0 Å². The minimum Gasteiger partial charge on any atom is -0.383 e. The average molecular weight is 272 g/mol. The van der Waals surface area contributed by atoms with Gasteiger partial charge in [-0.15, -0.1) is 5.10 Å². The zero-order valence-electron chi connectivity index (χ0n) is 11.4. The molecule has 4 nitrogen and oxygen atoms in total. The van der Waals surface area contributed by atoms with Gasteiger partial charge in [0.15, 0.2) is 5.15 Å². The van der Waals surface area contributed by atoms with Gasteiger partial charge in [0, 0.05) is 26.2 Å². The van der Waals surface area contributed by atoms with Crippen LogP contribution in [0.15, 0.2) is 12.1 Å². The smallest absolute Gasteiger partial charge is 0.151 e. The van der Waals surface area contributed by atoms with Gasteiger partial charge >= 0.3 is 0 Å². The Hall–Kier alpha value is -0.710. The van der Waals surface area contributed by atoms with Crippen molar-refractivity contribution in [3.63, 3.8) is 0 Å². The molecule has 1 rings (SSSR count). The van der Waals surface area contributed by atoms with Crippen LogP contribution in [0.2, 0.25) is 5.15 Å². The summed E-state index contributed by atoms with van der Waals surface area (Å²) < 4.78 is 5.17. The minimum atomic E-state index is 0.435. The second-order valence-electron chi connectivity index (χ2n) is 4.28. The Morgan fingerprint density at radius 2 is 2.00 bits per heavy atom. The summed E-state index contributed by atoms with van der Waals surface area (Å²) in [5.41, 5.74) is 0.947. The van der Waals surface area contributed by atoms with Gasteiger partial charge in [-0.3, -0.25) is 4.90 Å².